The van der Waals surface area contributed by atoms with E-state index in [4.69, 9.17) is 10.9 Å². The van der Waals surface area contributed by atoms with Crippen molar-refractivity contribution < 1.29 is 18.4 Å². The van der Waals surface area contributed by atoms with E-state index < -0.39 is 17.6 Å². The van der Waals surface area contributed by atoms with Crippen LogP contribution in [0.15, 0.2) is 23.4 Å². The molecule has 0 unspecified atom stereocenters. The molecular weight excluding hydrogens is 283 g/mol. The number of hydrogen-bond acceptors (Lipinski definition) is 3. The maximum Gasteiger partial charge on any atom is 0.417 e. The molecule has 1 aromatic rings. The first-order chi connectivity index (χ1) is 9.86. The number of nitrogens with zero attached hydrogens (tertiary/aromatic N) is 2. The van der Waals surface area contributed by atoms with Crippen molar-refractivity contribution in [3.63, 3.8) is 0 Å². The molecule has 0 aliphatic heterocycles. The van der Waals surface area contributed by atoms with Gasteiger partial charge in [-0.05, 0) is 43.9 Å². The van der Waals surface area contributed by atoms with E-state index in [9.17, 15) is 13.2 Å². The number of alkyl halides is 3. The quantitative estimate of drug-likeness (QED) is 0.380. The molecule has 2 rings (SSSR count). The fraction of sp³-hybridized carbons (Fsp3) is 0.500. The Morgan fingerprint density at radius 2 is 2.10 bits per heavy atom. The summed E-state index contributed by atoms with van der Waals surface area (Å²) in [7, 11) is 0. The summed E-state index contributed by atoms with van der Waals surface area (Å²) >= 11 is 0. The number of amidine groups is 1. The lowest BCUT2D eigenvalue weighted by Crippen LogP contribution is -2.26. The van der Waals surface area contributed by atoms with Crippen LogP contribution in [0.1, 0.15) is 30.9 Å². The molecule has 0 heterocycles. The number of anilines is 1. The molecule has 0 radical (unpaired) electrons. The van der Waals surface area contributed by atoms with Gasteiger partial charge in [0.2, 0.25) is 0 Å². The summed E-state index contributed by atoms with van der Waals surface area (Å²) in [4.78, 5) is 1.92. The Hall–Kier alpha value is -1.92. The summed E-state index contributed by atoms with van der Waals surface area (Å²) in [6.07, 6.45) is -2.30. The van der Waals surface area contributed by atoms with E-state index in [1.54, 1.807) is 6.07 Å². The highest BCUT2D eigenvalue weighted by molar-refractivity contribution is 5.99. The maximum absolute atomic E-state index is 13.2. The smallest absolute Gasteiger partial charge is 0.409 e. The molecule has 1 aromatic carbocycles. The van der Waals surface area contributed by atoms with Gasteiger partial charge in [0.1, 0.15) is 0 Å². The van der Waals surface area contributed by atoms with Gasteiger partial charge in [0.25, 0.3) is 0 Å². The normalized spacial score (nSPS) is 16.1. The molecule has 1 fully saturated rings. The Bertz CT molecular complexity index is 539. The van der Waals surface area contributed by atoms with Crippen molar-refractivity contribution in [3.8, 4) is 0 Å². The molecule has 0 bridgehead atoms. The van der Waals surface area contributed by atoms with Crippen LogP contribution in [-0.4, -0.2) is 24.1 Å². The minimum atomic E-state index is -4.56. The van der Waals surface area contributed by atoms with Gasteiger partial charge in [-0.15, -0.1) is 0 Å². The van der Waals surface area contributed by atoms with Crippen LogP contribution in [0.4, 0.5) is 18.9 Å². The van der Waals surface area contributed by atoms with Gasteiger partial charge in [-0.1, -0.05) is 5.16 Å². The largest absolute Gasteiger partial charge is 0.417 e. The van der Waals surface area contributed by atoms with Crippen LogP contribution in [0.2, 0.25) is 0 Å². The third kappa shape index (κ3) is 3.59. The van der Waals surface area contributed by atoms with Crippen LogP contribution in [-0.2, 0) is 6.18 Å². The molecule has 7 heteroatoms. The van der Waals surface area contributed by atoms with Gasteiger partial charge in [0.05, 0.1) is 5.56 Å². The van der Waals surface area contributed by atoms with Crippen LogP contribution in [0.5, 0.6) is 0 Å². The molecule has 1 aliphatic carbocycles. The van der Waals surface area contributed by atoms with Gasteiger partial charge < -0.3 is 15.8 Å². The molecule has 1 saturated carbocycles. The first kappa shape index (κ1) is 15.5. The minimum absolute atomic E-state index is 0.309. The van der Waals surface area contributed by atoms with Crippen LogP contribution < -0.4 is 10.6 Å². The van der Waals surface area contributed by atoms with E-state index in [1.807, 2.05) is 11.8 Å². The van der Waals surface area contributed by atoms with Gasteiger partial charge in [-0.2, -0.15) is 13.2 Å². The number of rotatable bonds is 5. The Kier molecular flexibility index (Phi) is 4.29. The van der Waals surface area contributed by atoms with Gasteiger partial charge >= 0.3 is 6.18 Å². The Morgan fingerprint density at radius 3 is 2.57 bits per heavy atom. The number of hydrogen-bond donors (Lipinski definition) is 2. The highest BCUT2D eigenvalue weighted by atomic mass is 19.4. The Labute approximate surface area is 121 Å². The third-order valence-corrected chi connectivity index (χ3v) is 3.61. The van der Waals surface area contributed by atoms with E-state index >= 15 is 0 Å². The minimum Gasteiger partial charge on any atom is -0.409 e. The SMILES string of the molecule is CCN(CC1CC1)c1ccc(C(N)=NO)c(C(F)(F)F)c1. The predicted molar refractivity (Wildman–Crippen MR) is 74.6 cm³/mol. The molecule has 1 aliphatic rings. The van der Waals surface area contributed by atoms with E-state index in [0.717, 1.165) is 25.5 Å². The average molecular weight is 301 g/mol. The van der Waals surface area contributed by atoms with E-state index in [2.05, 4.69) is 5.16 Å². The maximum atomic E-state index is 13.2. The summed E-state index contributed by atoms with van der Waals surface area (Å²) < 4.78 is 39.5. The second kappa shape index (κ2) is 5.83. The molecule has 0 saturated heterocycles. The molecule has 0 amide bonds. The lowest BCUT2D eigenvalue weighted by Gasteiger charge is -2.25. The molecule has 0 atom stereocenters. The molecular formula is C14H18F3N3O. The van der Waals surface area contributed by atoms with E-state index in [0.29, 0.717) is 18.2 Å². The zero-order valence-electron chi connectivity index (χ0n) is 11.7. The van der Waals surface area contributed by atoms with Gasteiger partial charge in [-0.3, -0.25) is 0 Å². The molecule has 3 N–H and O–H groups in total. The topological polar surface area (TPSA) is 61.8 Å². The van der Waals surface area contributed by atoms with Crippen molar-refractivity contribution in [2.45, 2.75) is 25.9 Å². The standard InChI is InChI=1S/C14H18F3N3O/c1-2-20(8-9-3-4-9)10-5-6-11(13(18)19-21)12(7-10)14(15,16)17/h5-7,9,21H,2-4,8H2,1H3,(H2,18,19). The van der Waals surface area contributed by atoms with E-state index in [-0.39, 0.29) is 5.56 Å². The van der Waals surface area contributed by atoms with Crippen molar-refractivity contribution in [3.05, 3.63) is 29.3 Å². The zero-order valence-corrected chi connectivity index (χ0v) is 11.7. The Balaban J connectivity index is 2.40. The summed E-state index contributed by atoms with van der Waals surface area (Å²) in [5.74, 6) is 0.0298. The molecule has 0 aromatic heterocycles. The van der Waals surface area contributed by atoms with Gasteiger partial charge in [0, 0.05) is 24.3 Å². The molecule has 116 valence electrons. The first-order valence-electron chi connectivity index (χ1n) is 6.81. The highest BCUT2D eigenvalue weighted by Crippen LogP contribution is 2.36. The number of nitrogens with two attached hydrogens (primary N) is 1. The third-order valence-electron chi connectivity index (χ3n) is 3.61. The van der Waals surface area contributed by atoms with Crippen LogP contribution >= 0.6 is 0 Å². The van der Waals surface area contributed by atoms with Crippen molar-refractivity contribution in [2.24, 2.45) is 16.8 Å². The van der Waals surface area contributed by atoms with Crippen molar-refractivity contribution in [1.29, 1.82) is 0 Å². The number of halogens is 3. The molecule has 4 nitrogen and oxygen atoms in total. The summed E-state index contributed by atoms with van der Waals surface area (Å²) in [6.45, 7) is 3.31. The number of benzene rings is 1. The van der Waals surface area contributed by atoms with Crippen LogP contribution in [0, 0.1) is 5.92 Å². The summed E-state index contributed by atoms with van der Waals surface area (Å²) in [5, 5.41) is 11.3. The van der Waals surface area contributed by atoms with E-state index in [1.165, 1.54) is 6.07 Å². The molecule has 21 heavy (non-hydrogen) atoms. The first-order valence-corrected chi connectivity index (χ1v) is 6.81. The van der Waals surface area contributed by atoms with Crippen LogP contribution in [0.25, 0.3) is 0 Å². The lowest BCUT2D eigenvalue weighted by atomic mass is 10.0. The van der Waals surface area contributed by atoms with Crippen molar-refractivity contribution in [2.75, 3.05) is 18.0 Å². The number of oxime groups is 1. The predicted octanol–water partition coefficient (Wildman–Crippen LogP) is 3.04. The Morgan fingerprint density at radius 1 is 1.43 bits per heavy atom. The van der Waals surface area contributed by atoms with Gasteiger partial charge in [0.15, 0.2) is 5.84 Å². The van der Waals surface area contributed by atoms with Crippen LogP contribution in [0.3, 0.4) is 0 Å². The zero-order chi connectivity index (χ0) is 15.6. The summed E-state index contributed by atoms with van der Waals surface area (Å²) in [5.41, 5.74) is 4.64. The van der Waals surface area contributed by atoms with Crippen molar-refractivity contribution in [1.82, 2.24) is 0 Å². The fourth-order valence-electron chi connectivity index (χ4n) is 2.27. The second-order valence-electron chi connectivity index (χ2n) is 5.19. The summed E-state index contributed by atoms with van der Waals surface area (Å²) in [6, 6.07) is 3.90. The second-order valence-corrected chi connectivity index (χ2v) is 5.19. The highest BCUT2D eigenvalue weighted by Gasteiger charge is 2.35. The fourth-order valence-corrected chi connectivity index (χ4v) is 2.27. The molecule has 0 spiro atoms. The lowest BCUT2D eigenvalue weighted by molar-refractivity contribution is -0.137. The van der Waals surface area contributed by atoms with Crippen molar-refractivity contribution >= 4 is 11.5 Å². The monoisotopic (exact) mass is 301 g/mol. The van der Waals surface area contributed by atoms with Gasteiger partial charge in [-0.25, -0.2) is 0 Å². The average Bonchev–Trinajstić information content (AvgIpc) is 3.26.